The van der Waals surface area contributed by atoms with E-state index in [-0.39, 0.29) is 18.4 Å². The van der Waals surface area contributed by atoms with Crippen molar-refractivity contribution in [3.05, 3.63) is 0 Å². The Morgan fingerprint density at radius 2 is 1.93 bits per heavy atom. The van der Waals surface area contributed by atoms with Crippen molar-refractivity contribution in [1.29, 1.82) is 0 Å². The minimum atomic E-state index is -4.44. The van der Waals surface area contributed by atoms with Crippen LogP contribution in [-0.4, -0.2) is 43.2 Å². The van der Waals surface area contributed by atoms with Gasteiger partial charge in [-0.15, -0.1) is 12.4 Å². The van der Waals surface area contributed by atoms with Gasteiger partial charge in [-0.1, -0.05) is 0 Å². The average Bonchev–Trinajstić information content (AvgIpc) is 1.96. The lowest BCUT2D eigenvalue weighted by Gasteiger charge is -2.37. The first-order chi connectivity index (χ1) is 6.34. The third-order valence-electron chi connectivity index (χ3n) is 2.52. The third kappa shape index (κ3) is 3.24. The van der Waals surface area contributed by atoms with E-state index in [1.54, 1.807) is 0 Å². The van der Waals surface area contributed by atoms with Gasteiger partial charge in [0.05, 0.1) is 6.04 Å². The molecular formula is C8H14ClF3N2O. The number of likely N-dealkylation sites (N-methyl/N-ethyl adjacent to an activating group) is 1. The Bertz CT molecular complexity index is 230. The molecule has 1 atom stereocenters. The summed E-state index contributed by atoms with van der Waals surface area (Å²) in [5, 5.41) is 2.90. The van der Waals surface area contributed by atoms with Crippen LogP contribution in [0.15, 0.2) is 0 Å². The first-order valence-electron chi connectivity index (χ1n) is 4.38. The van der Waals surface area contributed by atoms with Gasteiger partial charge in [0.25, 0.3) is 0 Å². The minimum Gasteiger partial charge on any atom is -0.340 e. The van der Waals surface area contributed by atoms with Gasteiger partial charge >= 0.3 is 6.18 Å². The highest BCUT2D eigenvalue weighted by molar-refractivity contribution is 5.85. The summed E-state index contributed by atoms with van der Waals surface area (Å²) in [4.78, 5) is 12.5. The molecule has 7 heteroatoms. The molecule has 0 aromatic rings. The molecule has 0 aromatic heterocycles. The number of hydrogen-bond acceptors (Lipinski definition) is 2. The largest absolute Gasteiger partial charge is 0.400 e. The Kier molecular flexibility index (Phi) is 4.86. The Hall–Kier alpha value is -0.490. The number of carbonyl (C=O) groups is 1. The molecule has 1 saturated heterocycles. The Morgan fingerprint density at radius 3 is 2.20 bits per heavy atom. The van der Waals surface area contributed by atoms with Crippen molar-refractivity contribution in [2.75, 3.05) is 20.1 Å². The van der Waals surface area contributed by atoms with E-state index in [9.17, 15) is 18.0 Å². The van der Waals surface area contributed by atoms with E-state index in [0.717, 1.165) is 6.92 Å². The number of nitrogens with one attached hydrogen (secondary N) is 1. The van der Waals surface area contributed by atoms with Crippen molar-refractivity contribution in [3.8, 4) is 0 Å². The van der Waals surface area contributed by atoms with Gasteiger partial charge < -0.3 is 10.2 Å². The van der Waals surface area contributed by atoms with Crippen LogP contribution in [0, 0.1) is 5.92 Å². The van der Waals surface area contributed by atoms with E-state index in [1.165, 1.54) is 11.9 Å². The second kappa shape index (κ2) is 5.03. The number of carbonyl (C=O) groups excluding carboxylic acids is 1. The van der Waals surface area contributed by atoms with Crippen molar-refractivity contribution in [1.82, 2.24) is 10.2 Å². The Morgan fingerprint density at radius 1 is 1.47 bits per heavy atom. The molecular weight excluding hydrogens is 233 g/mol. The molecule has 15 heavy (non-hydrogen) atoms. The smallest absolute Gasteiger partial charge is 0.340 e. The van der Waals surface area contributed by atoms with Gasteiger partial charge in [-0.05, 0) is 6.92 Å². The molecule has 0 radical (unpaired) electrons. The third-order valence-corrected chi connectivity index (χ3v) is 2.52. The number of alkyl halides is 3. The van der Waals surface area contributed by atoms with Gasteiger partial charge in [-0.25, -0.2) is 0 Å². The summed E-state index contributed by atoms with van der Waals surface area (Å²) < 4.78 is 36.5. The van der Waals surface area contributed by atoms with Crippen LogP contribution in [0.2, 0.25) is 0 Å². The predicted molar refractivity (Wildman–Crippen MR) is 51.9 cm³/mol. The minimum absolute atomic E-state index is 0. The zero-order valence-corrected chi connectivity index (χ0v) is 9.28. The van der Waals surface area contributed by atoms with E-state index < -0.39 is 18.0 Å². The van der Waals surface area contributed by atoms with E-state index in [0.29, 0.717) is 13.1 Å². The van der Waals surface area contributed by atoms with Crippen LogP contribution in [0.5, 0.6) is 0 Å². The molecule has 1 amide bonds. The van der Waals surface area contributed by atoms with Crippen LogP contribution in [0.25, 0.3) is 0 Å². The first-order valence-corrected chi connectivity index (χ1v) is 4.38. The van der Waals surface area contributed by atoms with Gasteiger partial charge in [0.15, 0.2) is 0 Å². The molecule has 0 aliphatic carbocycles. The molecule has 3 nitrogen and oxygen atoms in total. The van der Waals surface area contributed by atoms with E-state index >= 15 is 0 Å². The van der Waals surface area contributed by atoms with Crippen LogP contribution < -0.4 is 5.32 Å². The maximum absolute atomic E-state index is 12.2. The summed E-state index contributed by atoms with van der Waals surface area (Å²) in [6, 6.07) is -0.0905. The number of hydrogen-bond donors (Lipinski definition) is 1. The Labute approximate surface area is 92.4 Å². The molecule has 0 spiro atoms. The van der Waals surface area contributed by atoms with Gasteiger partial charge in [0.1, 0.15) is 5.92 Å². The summed E-state index contributed by atoms with van der Waals surface area (Å²) in [6.07, 6.45) is -4.44. The highest BCUT2D eigenvalue weighted by atomic mass is 35.5. The lowest BCUT2D eigenvalue weighted by atomic mass is 10.1. The molecule has 1 aliphatic rings. The monoisotopic (exact) mass is 246 g/mol. The maximum Gasteiger partial charge on any atom is 0.400 e. The van der Waals surface area contributed by atoms with E-state index in [2.05, 4.69) is 5.32 Å². The molecule has 1 rings (SSSR count). The fourth-order valence-corrected chi connectivity index (χ4v) is 1.17. The topological polar surface area (TPSA) is 32.3 Å². The summed E-state index contributed by atoms with van der Waals surface area (Å²) in [7, 11) is 1.41. The number of amides is 1. The second-order valence-electron chi connectivity index (χ2n) is 3.52. The standard InChI is InChI=1S/C8H13F3N2O.ClH/c1-5(8(9,10)11)7(14)13(2)6-3-12-4-6;/h5-6,12H,3-4H2,1-2H3;1H. The maximum atomic E-state index is 12.2. The lowest BCUT2D eigenvalue weighted by Crippen LogP contribution is -2.59. The zero-order chi connectivity index (χ0) is 10.9. The molecule has 0 saturated carbocycles. The van der Waals surface area contributed by atoms with Crippen LogP contribution in [0.3, 0.4) is 0 Å². The molecule has 0 aromatic carbocycles. The van der Waals surface area contributed by atoms with Crippen molar-refractivity contribution < 1.29 is 18.0 Å². The van der Waals surface area contributed by atoms with Gasteiger partial charge in [-0.3, -0.25) is 4.79 Å². The highest BCUT2D eigenvalue weighted by Crippen LogP contribution is 2.27. The quantitative estimate of drug-likeness (QED) is 0.790. The fourth-order valence-electron chi connectivity index (χ4n) is 1.17. The SMILES string of the molecule is CC(C(=O)N(C)C1CNC1)C(F)(F)F.Cl. The first kappa shape index (κ1) is 14.5. The van der Waals surface area contributed by atoms with Crippen LogP contribution in [-0.2, 0) is 4.79 Å². The lowest BCUT2D eigenvalue weighted by molar-refractivity contribution is -0.186. The molecule has 0 bridgehead atoms. The molecule has 1 heterocycles. The molecule has 1 aliphatic heterocycles. The van der Waals surface area contributed by atoms with Crippen LogP contribution in [0.4, 0.5) is 13.2 Å². The molecule has 90 valence electrons. The second-order valence-corrected chi connectivity index (χ2v) is 3.52. The summed E-state index contributed by atoms with van der Waals surface area (Å²) in [5.74, 6) is -2.77. The van der Waals surface area contributed by atoms with Gasteiger partial charge in [0.2, 0.25) is 5.91 Å². The number of halogens is 4. The number of rotatable bonds is 2. The zero-order valence-electron chi connectivity index (χ0n) is 8.47. The van der Waals surface area contributed by atoms with E-state index in [1.807, 2.05) is 0 Å². The van der Waals surface area contributed by atoms with Gasteiger partial charge in [0, 0.05) is 20.1 Å². The summed E-state index contributed by atoms with van der Waals surface area (Å²) in [5.41, 5.74) is 0. The molecule has 1 N–H and O–H groups in total. The highest BCUT2D eigenvalue weighted by Gasteiger charge is 2.43. The van der Waals surface area contributed by atoms with Crippen LogP contribution in [0.1, 0.15) is 6.92 Å². The predicted octanol–water partition coefficient (Wildman–Crippen LogP) is 1.04. The van der Waals surface area contributed by atoms with Crippen molar-refractivity contribution >= 4 is 18.3 Å². The Balaban J connectivity index is 0.00000196. The number of nitrogens with zero attached hydrogens (tertiary/aromatic N) is 1. The molecule has 1 fully saturated rings. The van der Waals surface area contributed by atoms with Crippen molar-refractivity contribution in [3.63, 3.8) is 0 Å². The average molecular weight is 247 g/mol. The molecule has 1 unspecified atom stereocenters. The fraction of sp³-hybridized carbons (Fsp3) is 0.875. The normalized spacial score (nSPS) is 18.7. The van der Waals surface area contributed by atoms with Crippen molar-refractivity contribution in [2.24, 2.45) is 5.92 Å². The summed E-state index contributed by atoms with van der Waals surface area (Å²) >= 11 is 0. The van der Waals surface area contributed by atoms with Crippen LogP contribution >= 0.6 is 12.4 Å². The van der Waals surface area contributed by atoms with Crippen molar-refractivity contribution in [2.45, 2.75) is 19.1 Å². The summed E-state index contributed by atoms with van der Waals surface area (Å²) in [6.45, 7) is 2.05. The van der Waals surface area contributed by atoms with Gasteiger partial charge in [-0.2, -0.15) is 13.2 Å². The van der Waals surface area contributed by atoms with E-state index in [4.69, 9.17) is 0 Å².